The first-order valence-corrected chi connectivity index (χ1v) is 4.09. The van der Waals surface area contributed by atoms with Gasteiger partial charge >= 0.3 is 0 Å². The van der Waals surface area contributed by atoms with E-state index in [1.807, 2.05) is 6.07 Å². The molecule has 0 aliphatic heterocycles. The molecule has 13 heavy (non-hydrogen) atoms. The first kappa shape index (κ1) is 9.94. The average molecular weight is 181 g/mol. The van der Waals surface area contributed by atoms with Crippen LogP contribution in [-0.4, -0.2) is 16.4 Å². The summed E-state index contributed by atoms with van der Waals surface area (Å²) in [7, 11) is 0. The maximum atomic E-state index is 14.1. The Kier molecular flexibility index (Phi) is 2.27. The lowest BCUT2D eigenvalue weighted by Crippen LogP contribution is -2.50. The maximum Gasteiger partial charge on any atom is 0.176 e. The van der Waals surface area contributed by atoms with Gasteiger partial charge in [0.25, 0.3) is 0 Å². The highest BCUT2D eigenvalue weighted by atomic mass is 19.1. The molecule has 0 radical (unpaired) electrons. The summed E-state index contributed by atoms with van der Waals surface area (Å²) in [6.07, 6.45) is 5.81. The van der Waals surface area contributed by atoms with E-state index in [-0.39, 0.29) is 0 Å². The van der Waals surface area contributed by atoms with E-state index in [0.717, 1.165) is 0 Å². The van der Waals surface area contributed by atoms with Crippen molar-refractivity contribution >= 4 is 0 Å². The number of aliphatic hydroxyl groups is 1. The molecule has 0 saturated carbocycles. The first-order chi connectivity index (χ1) is 5.92. The number of hydrogen-bond acceptors (Lipinski definition) is 2. The van der Waals surface area contributed by atoms with Crippen molar-refractivity contribution in [2.75, 3.05) is 0 Å². The van der Waals surface area contributed by atoms with Crippen molar-refractivity contribution in [3.05, 3.63) is 24.3 Å². The smallest absolute Gasteiger partial charge is 0.176 e. The van der Waals surface area contributed by atoms with Gasteiger partial charge < -0.3 is 5.11 Å². The third-order valence-electron chi connectivity index (χ3n) is 2.28. The van der Waals surface area contributed by atoms with Crippen LogP contribution in [0.2, 0.25) is 0 Å². The molecule has 0 aromatic heterocycles. The first-order valence-electron chi connectivity index (χ1n) is 4.09. The van der Waals surface area contributed by atoms with Crippen LogP contribution >= 0.6 is 0 Å². The molecular formula is C10H12FNO. The summed E-state index contributed by atoms with van der Waals surface area (Å²) in [5.41, 5.74) is -3.54. The van der Waals surface area contributed by atoms with Gasteiger partial charge in [-0.1, -0.05) is 18.2 Å². The summed E-state index contributed by atoms with van der Waals surface area (Å²) in [5.74, 6) is -0.919. The Morgan fingerprint density at radius 3 is 2.54 bits per heavy atom. The van der Waals surface area contributed by atoms with Crippen molar-refractivity contribution in [2.24, 2.45) is 5.92 Å². The number of halogens is 1. The minimum absolute atomic E-state index is 0.919. The highest BCUT2D eigenvalue weighted by Gasteiger charge is 2.49. The van der Waals surface area contributed by atoms with E-state index >= 15 is 0 Å². The Morgan fingerprint density at radius 1 is 1.54 bits per heavy atom. The number of rotatable bonds is 1. The number of alkyl halides is 1. The number of hydrogen-bond donors (Lipinski definition) is 1. The monoisotopic (exact) mass is 181 g/mol. The van der Waals surface area contributed by atoms with Crippen LogP contribution in [0.15, 0.2) is 24.3 Å². The second-order valence-electron chi connectivity index (χ2n) is 3.68. The van der Waals surface area contributed by atoms with Gasteiger partial charge in [-0.05, 0) is 19.9 Å². The van der Waals surface area contributed by atoms with Crippen LogP contribution in [0.4, 0.5) is 4.39 Å². The van der Waals surface area contributed by atoms with Crippen molar-refractivity contribution in [3.8, 4) is 6.07 Å². The summed E-state index contributed by atoms with van der Waals surface area (Å²) < 4.78 is 14.1. The third-order valence-corrected chi connectivity index (χ3v) is 2.28. The van der Waals surface area contributed by atoms with Gasteiger partial charge in [0.15, 0.2) is 5.67 Å². The Labute approximate surface area is 77.0 Å². The van der Waals surface area contributed by atoms with Gasteiger partial charge in [-0.25, -0.2) is 4.39 Å². The van der Waals surface area contributed by atoms with Crippen LogP contribution in [0, 0.1) is 17.2 Å². The quantitative estimate of drug-likeness (QED) is 0.669. The van der Waals surface area contributed by atoms with Crippen molar-refractivity contribution in [2.45, 2.75) is 25.1 Å². The Hall–Kier alpha value is -1.14. The second kappa shape index (κ2) is 2.97. The maximum absolute atomic E-state index is 14.1. The molecule has 0 amide bonds. The van der Waals surface area contributed by atoms with Gasteiger partial charge in [0.1, 0.15) is 5.92 Å². The molecule has 0 bridgehead atoms. The van der Waals surface area contributed by atoms with E-state index < -0.39 is 17.2 Å². The molecule has 0 heterocycles. The number of allylic oxidation sites excluding steroid dienone is 3. The van der Waals surface area contributed by atoms with E-state index in [0.29, 0.717) is 0 Å². The highest BCUT2D eigenvalue weighted by Crippen LogP contribution is 2.37. The van der Waals surface area contributed by atoms with Gasteiger partial charge in [-0.2, -0.15) is 5.26 Å². The van der Waals surface area contributed by atoms with Crippen molar-refractivity contribution in [1.29, 1.82) is 5.26 Å². The zero-order valence-corrected chi connectivity index (χ0v) is 7.66. The fourth-order valence-electron chi connectivity index (χ4n) is 1.34. The van der Waals surface area contributed by atoms with Crippen LogP contribution in [0.1, 0.15) is 13.8 Å². The average Bonchev–Trinajstić information content (AvgIpc) is 2.03. The van der Waals surface area contributed by atoms with Gasteiger partial charge in [0.2, 0.25) is 0 Å². The molecule has 0 spiro atoms. The lowest BCUT2D eigenvalue weighted by Gasteiger charge is -2.37. The minimum atomic E-state index is -1.99. The third kappa shape index (κ3) is 1.50. The van der Waals surface area contributed by atoms with E-state index in [1.165, 1.54) is 32.1 Å². The van der Waals surface area contributed by atoms with Crippen LogP contribution < -0.4 is 0 Å². The van der Waals surface area contributed by atoms with Crippen molar-refractivity contribution < 1.29 is 9.50 Å². The van der Waals surface area contributed by atoms with Gasteiger partial charge in [0.05, 0.1) is 11.7 Å². The predicted molar refractivity (Wildman–Crippen MR) is 47.5 cm³/mol. The molecule has 0 saturated heterocycles. The zero-order valence-electron chi connectivity index (χ0n) is 7.66. The molecule has 1 aliphatic rings. The molecule has 1 N–H and O–H groups in total. The molecule has 2 atom stereocenters. The van der Waals surface area contributed by atoms with Crippen LogP contribution in [0.25, 0.3) is 0 Å². The second-order valence-corrected chi connectivity index (χ2v) is 3.68. The lowest BCUT2D eigenvalue weighted by molar-refractivity contribution is -0.0618. The summed E-state index contributed by atoms with van der Waals surface area (Å²) in [4.78, 5) is 0. The number of nitrogens with zero attached hydrogens (tertiary/aromatic N) is 1. The topological polar surface area (TPSA) is 44.0 Å². The molecular weight excluding hydrogens is 169 g/mol. The van der Waals surface area contributed by atoms with Gasteiger partial charge in [-0.3, -0.25) is 0 Å². The van der Waals surface area contributed by atoms with Crippen molar-refractivity contribution in [1.82, 2.24) is 0 Å². The standard InChI is InChI=1S/C10H12FNO/c1-9(2,13)10(11)6-4-3-5-8(10)7-12/h3-6,8,13H,1-2H3. The van der Waals surface area contributed by atoms with Gasteiger partial charge in [-0.15, -0.1) is 0 Å². The lowest BCUT2D eigenvalue weighted by atomic mass is 9.75. The van der Waals surface area contributed by atoms with E-state index in [2.05, 4.69) is 0 Å². The molecule has 3 heteroatoms. The molecule has 2 nitrogen and oxygen atoms in total. The van der Waals surface area contributed by atoms with E-state index in [4.69, 9.17) is 5.26 Å². The number of nitriles is 1. The summed E-state index contributed by atoms with van der Waals surface area (Å²) in [6, 6.07) is 1.83. The Morgan fingerprint density at radius 2 is 2.15 bits per heavy atom. The largest absolute Gasteiger partial charge is 0.387 e. The van der Waals surface area contributed by atoms with Crippen LogP contribution in [0.5, 0.6) is 0 Å². The SMILES string of the molecule is CC(C)(O)C1(F)C=CC=CC1C#N. The fourth-order valence-corrected chi connectivity index (χ4v) is 1.34. The molecule has 1 aliphatic carbocycles. The summed E-state index contributed by atoms with van der Waals surface area (Å²) >= 11 is 0. The van der Waals surface area contributed by atoms with Crippen molar-refractivity contribution in [3.63, 3.8) is 0 Å². The highest BCUT2D eigenvalue weighted by molar-refractivity contribution is 5.30. The molecule has 1 rings (SSSR count). The fraction of sp³-hybridized carbons (Fsp3) is 0.500. The molecule has 0 fully saturated rings. The Bertz CT molecular complexity index is 295. The van der Waals surface area contributed by atoms with Crippen LogP contribution in [0.3, 0.4) is 0 Å². The predicted octanol–water partition coefficient (Wildman–Crippen LogP) is 1.73. The molecule has 0 aromatic rings. The summed E-state index contributed by atoms with van der Waals surface area (Å²) in [6.45, 7) is 2.72. The minimum Gasteiger partial charge on any atom is -0.387 e. The van der Waals surface area contributed by atoms with E-state index in [9.17, 15) is 9.50 Å². The molecule has 70 valence electrons. The normalized spacial score (nSPS) is 33.0. The summed E-state index contributed by atoms with van der Waals surface area (Å²) in [5, 5.41) is 18.3. The van der Waals surface area contributed by atoms with Crippen LogP contribution in [-0.2, 0) is 0 Å². The molecule has 2 unspecified atom stereocenters. The van der Waals surface area contributed by atoms with Gasteiger partial charge in [0, 0.05) is 0 Å². The zero-order chi connectivity index (χ0) is 10.1. The Balaban J connectivity index is 3.09. The van der Waals surface area contributed by atoms with E-state index in [1.54, 1.807) is 6.08 Å². The molecule has 0 aromatic carbocycles.